The number of para-hydroxylation sites is 2. The summed E-state index contributed by atoms with van der Waals surface area (Å²) in [5.74, 6) is -1.82. The number of carbonyl (C=O) groups excluding carboxylic acids is 1. The number of anilines is 2. The first-order valence-electron chi connectivity index (χ1n) is 8.35. The fraction of sp³-hybridized carbons (Fsp3) is 0.316. The minimum Gasteiger partial charge on any atom is -0.370 e. The molecular weight excluding hydrogens is 342 g/mol. The van der Waals surface area contributed by atoms with Crippen LogP contribution in [0.5, 0.6) is 0 Å². The Hall–Kier alpha value is -2.08. The van der Waals surface area contributed by atoms with Crippen LogP contribution in [-0.2, 0) is 4.79 Å². The first kappa shape index (κ1) is 17.7. The van der Waals surface area contributed by atoms with Crippen LogP contribution in [0.4, 0.5) is 20.2 Å². The van der Waals surface area contributed by atoms with Crippen molar-refractivity contribution in [2.75, 3.05) is 29.1 Å². The number of rotatable bonds is 5. The zero-order valence-corrected chi connectivity index (χ0v) is 14.6. The molecule has 0 bridgehead atoms. The van der Waals surface area contributed by atoms with Crippen molar-refractivity contribution in [3.05, 3.63) is 54.1 Å². The van der Waals surface area contributed by atoms with Crippen molar-refractivity contribution in [1.29, 1.82) is 0 Å². The molecule has 1 amide bonds. The molecule has 1 fully saturated rings. The van der Waals surface area contributed by atoms with E-state index in [1.54, 1.807) is 0 Å². The molecule has 0 atom stereocenters. The predicted molar refractivity (Wildman–Crippen MR) is 98.2 cm³/mol. The summed E-state index contributed by atoms with van der Waals surface area (Å²) in [6.07, 6.45) is 3.57. The van der Waals surface area contributed by atoms with E-state index in [2.05, 4.69) is 10.2 Å². The molecule has 3 rings (SSSR count). The van der Waals surface area contributed by atoms with Gasteiger partial charge < -0.3 is 10.2 Å². The van der Waals surface area contributed by atoms with Gasteiger partial charge in [0.15, 0.2) is 11.6 Å². The number of piperidine rings is 1. The van der Waals surface area contributed by atoms with Gasteiger partial charge in [-0.15, -0.1) is 11.8 Å². The van der Waals surface area contributed by atoms with Crippen LogP contribution >= 0.6 is 11.8 Å². The molecule has 0 spiro atoms. The maximum Gasteiger partial charge on any atom is 0.234 e. The third-order valence-electron chi connectivity index (χ3n) is 4.14. The molecule has 0 saturated carbocycles. The summed E-state index contributed by atoms with van der Waals surface area (Å²) in [7, 11) is 0. The van der Waals surface area contributed by atoms with Crippen LogP contribution in [0, 0.1) is 11.6 Å². The zero-order valence-electron chi connectivity index (χ0n) is 13.8. The summed E-state index contributed by atoms with van der Waals surface area (Å²) in [4.78, 5) is 15.1. The summed E-state index contributed by atoms with van der Waals surface area (Å²) in [6, 6.07) is 11.4. The number of thioether (sulfide) groups is 1. The number of nitrogens with zero attached hydrogens (tertiary/aromatic N) is 1. The van der Waals surface area contributed by atoms with Gasteiger partial charge in [-0.25, -0.2) is 8.78 Å². The van der Waals surface area contributed by atoms with Crippen LogP contribution in [0.2, 0.25) is 0 Å². The van der Waals surface area contributed by atoms with E-state index in [1.165, 1.54) is 24.2 Å². The maximum atomic E-state index is 13.2. The van der Waals surface area contributed by atoms with Gasteiger partial charge >= 0.3 is 0 Å². The lowest BCUT2D eigenvalue weighted by atomic mass is 10.1. The first-order valence-corrected chi connectivity index (χ1v) is 9.34. The van der Waals surface area contributed by atoms with Gasteiger partial charge in [0, 0.05) is 18.0 Å². The fourth-order valence-corrected chi connectivity index (χ4v) is 3.61. The molecule has 25 heavy (non-hydrogen) atoms. The molecule has 1 aliphatic rings. The van der Waals surface area contributed by atoms with Crippen molar-refractivity contribution >= 4 is 29.0 Å². The van der Waals surface area contributed by atoms with E-state index >= 15 is 0 Å². The van der Waals surface area contributed by atoms with Gasteiger partial charge in [0.2, 0.25) is 5.91 Å². The second kappa shape index (κ2) is 8.34. The Morgan fingerprint density at radius 2 is 1.80 bits per heavy atom. The van der Waals surface area contributed by atoms with Crippen LogP contribution < -0.4 is 10.2 Å². The topological polar surface area (TPSA) is 32.3 Å². The first-order chi connectivity index (χ1) is 12.1. The predicted octanol–water partition coefficient (Wildman–Crippen LogP) is 4.69. The largest absolute Gasteiger partial charge is 0.370 e. The Kier molecular flexibility index (Phi) is 5.91. The number of hydrogen-bond acceptors (Lipinski definition) is 3. The summed E-state index contributed by atoms with van der Waals surface area (Å²) in [6.45, 7) is 1.99. The molecule has 1 aliphatic heterocycles. The van der Waals surface area contributed by atoms with E-state index in [1.807, 2.05) is 24.3 Å². The third-order valence-corrected chi connectivity index (χ3v) is 5.13. The zero-order chi connectivity index (χ0) is 17.6. The van der Waals surface area contributed by atoms with Gasteiger partial charge in [-0.2, -0.15) is 0 Å². The minimum atomic E-state index is -0.902. The quantitative estimate of drug-likeness (QED) is 0.784. The van der Waals surface area contributed by atoms with E-state index in [4.69, 9.17) is 0 Å². The van der Waals surface area contributed by atoms with Gasteiger partial charge in [0.1, 0.15) is 0 Å². The Morgan fingerprint density at radius 3 is 2.56 bits per heavy atom. The highest BCUT2D eigenvalue weighted by Crippen LogP contribution is 2.28. The lowest BCUT2D eigenvalue weighted by Gasteiger charge is -2.30. The van der Waals surface area contributed by atoms with Gasteiger partial charge in [-0.3, -0.25) is 4.79 Å². The average molecular weight is 362 g/mol. The van der Waals surface area contributed by atoms with E-state index in [0.717, 1.165) is 49.4 Å². The number of amides is 1. The van der Waals surface area contributed by atoms with Gasteiger partial charge in [0.05, 0.1) is 17.1 Å². The lowest BCUT2D eigenvalue weighted by Crippen LogP contribution is -2.30. The van der Waals surface area contributed by atoms with Crippen LogP contribution in [-0.4, -0.2) is 24.7 Å². The molecule has 2 aromatic carbocycles. The van der Waals surface area contributed by atoms with Gasteiger partial charge in [0.25, 0.3) is 0 Å². The van der Waals surface area contributed by atoms with Crippen molar-refractivity contribution in [2.24, 2.45) is 0 Å². The maximum absolute atomic E-state index is 13.2. The van der Waals surface area contributed by atoms with Crippen molar-refractivity contribution < 1.29 is 13.6 Å². The van der Waals surface area contributed by atoms with Gasteiger partial charge in [-0.1, -0.05) is 12.1 Å². The molecule has 132 valence electrons. The smallest absolute Gasteiger partial charge is 0.234 e. The van der Waals surface area contributed by atoms with Crippen LogP contribution in [0.25, 0.3) is 0 Å². The summed E-state index contributed by atoms with van der Waals surface area (Å²) in [5.41, 5.74) is 1.83. The number of nitrogens with one attached hydrogen (secondary N) is 1. The van der Waals surface area contributed by atoms with Crippen molar-refractivity contribution in [3.8, 4) is 0 Å². The number of hydrogen-bond donors (Lipinski definition) is 1. The number of halogens is 2. The molecule has 0 aliphatic carbocycles. The van der Waals surface area contributed by atoms with Crippen LogP contribution in [0.15, 0.2) is 47.4 Å². The van der Waals surface area contributed by atoms with E-state index in [-0.39, 0.29) is 11.7 Å². The van der Waals surface area contributed by atoms with Crippen LogP contribution in [0.1, 0.15) is 19.3 Å². The van der Waals surface area contributed by atoms with E-state index in [0.29, 0.717) is 4.90 Å². The minimum absolute atomic E-state index is 0.138. The molecule has 6 heteroatoms. The highest BCUT2D eigenvalue weighted by Gasteiger charge is 2.15. The Bertz CT molecular complexity index is 748. The summed E-state index contributed by atoms with van der Waals surface area (Å²) >= 11 is 1.18. The molecule has 2 aromatic rings. The Labute approximate surface area is 150 Å². The molecule has 0 unspecified atom stereocenters. The third kappa shape index (κ3) is 4.72. The monoisotopic (exact) mass is 362 g/mol. The van der Waals surface area contributed by atoms with E-state index in [9.17, 15) is 13.6 Å². The lowest BCUT2D eigenvalue weighted by molar-refractivity contribution is -0.113. The normalized spacial score (nSPS) is 14.4. The van der Waals surface area contributed by atoms with Crippen molar-refractivity contribution in [2.45, 2.75) is 24.2 Å². The second-order valence-electron chi connectivity index (χ2n) is 5.98. The Balaban J connectivity index is 1.61. The SMILES string of the molecule is O=C(CSc1ccc(F)c(F)c1)Nc1ccccc1N1CCCCC1. The molecule has 1 saturated heterocycles. The molecule has 3 nitrogen and oxygen atoms in total. The summed E-state index contributed by atoms with van der Waals surface area (Å²) < 4.78 is 26.2. The molecule has 1 heterocycles. The highest BCUT2D eigenvalue weighted by atomic mass is 32.2. The second-order valence-corrected chi connectivity index (χ2v) is 7.03. The molecule has 0 aromatic heterocycles. The standard InChI is InChI=1S/C19H20F2N2OS/c20-15-9-8-14(12-16(15)21)25-13-19(24)22-17-6-2-3-7-18(17)23-10-4-1-5-11-23/h2-3,6-9,12H,1,4-5,10-11,13H2,(H,22,24). The number of benzene rings is 2. The fourth-order valence-electron chi connectivity index (χ4n) is 2.89. The molecular formula is C19H20F2N2OS. The Morgan fingerprint density at radius 1 is 1.04 bits per heavy atom. The van der Waals surface area contributed by atoms with Gasteiger partial charge in [-0.05, 0) is 49.6 Å². The van der Waals surface area contributed by atoms with Crippen molar-refractivity contribution in [1.82, 2.24) is 0 Å². The highest BCUT2D eigenvalue weighted by molar-refractivity contribution is 8.00. The van der Waals surface area contributed by atoms with Crippen LogP contribution in [0.3, 0.4) is 0 Å². The summed E-state index contributed by atoms with van der Waals surface area (Å²) in [5, 5.41) is 2.93. The molecule has 1 N–H and O–H groups in total. The number of carbonyl (C=O) groups is 1. The molecule has 0 radical (unpaired) electrons. The average Bonchev–Trinajstić information content (AvgIpc) is 2.64. The van der Waals surface area contributed by atoms with Crippen molar-refractivity contribution in [3.63, 3.8) is 0 Å². The van der Waals surface area contributed by atoms with E-state index < -0.39 is 11.6 Å².